The predicted octanol–water partition coefficient (Wildman–Crippen LogP) is 4.76. The lowest BCUT2D eigenvalue weighted by molar-refractivity contribution is 0.223. The van der Waals surface area contributed by atoms with E-state index >= 15 is 0 Å². The number of hydrogen-bond donors (Lipinski definition) is 1. The highest BCUT2D eigenvalue weighted by atomic mass is 14.7. The van der Waals surface area contributed by atoms with Gasteiger partial charge < -0.3 is 5.73 Å². The average Bonchev–Trinajstić information content (AvgIpc) is 3.03. The van der Waals surface area contributed by atoms with Crippen LogP contribution in [0.4, 0.5) is 0 Å². The minimum absolute atomic E-state index is 0.174. The molecule has 0 amide bonds. The summed E-state index contributed by atoms with van der Waals surface area (Å²) in [7, 11) is 0. The third kappa shape index (κ3) is 1.94. The van der Waals surface area contributed by atoms with Crippen LogP contribution in [0.1, 0.15) is 55.8 Å². The molecule has 2 aliphatic carbocycles. The number of aryl methyl sites for hydroxylation is 2. The first kappa shape index (κ1) is 13.3. The van der Waals surface area contributed by atoms with Crippen LogP contribution in [0.5, 0.6) is 0 Å². The summed E-state index contributed by atoms with van der Waals surface area (Å²) >= 11 is 0. The number of nitrogens with two attached hydrogens (primary N) is 1. The Bertz CT molecular complexity index is 688. The fourth-order valence-electron chi connectivity index (χ4n) is 4.80. The second-order valence-electron chi connectivity index (χ2n) is 7.67. The van der Waals surface area contributed by atoms with Crippen LogP contribution < -0.4 is 5.73 Å². The van der Waals surface area contributed by atoms with E-state index in [0.717, 1.165) is 0 Å². The highest BCUT2D eigenvalue weighted by molar-refractivity contribution is 5.93. The zero-order valence-corrected chi connectivity index (χ0v) is 13.2. The van der Waals surface area contributed by atoms with Crippen LogP contribution in [-0.2, 0) is 12.8 Å². The van der Waals surface area contributed by atoms with E-state index in [9.17, 15) is 0 Å². The van der Waals surface area contributed by atoms with Gasteiger partial charge >= 0.3 is 0 Å². The molecule has 0 radical (unpaired) electrons. The molecule has 1 fully saturated rings. The molecule has 2 atom stereocenters. The molecular formula is C20H25N. The zero-order chi connectivity index (χ0) is 14.6. The summed E-state index contributed by atoms with van der Waals surface area (Å²) in [5, 5.41) is 2.92. The molecule has 0 aliphatic heterocycles. The van der Waals surface area contributed by atoms with E-state index in [1.807, 2.05) is 0 Å². The van der Waals surface area contributed by atoms with E-state index in [1.165, 1.54) is 59.6 Å². The Balaban J connectivity index is 1.85. The summed E-state index contributed by atoms with van der Waals surface area (Å²) in [6.45, 7) is 4.79. The molecule has 1 saturated carbocycles. The van der Waals surface area contributed by atoms with Crippen LogP contribution in [-0.4, -0.2) is 0 Å². The Morgan fingerprint density at radius 1 is 1.10 bits per heavy atom. The lowest BCUT2D eigenvalue weighted by Gasteiger charge is -2.33. The SMILES string of the molecule is CC1(C)CCCC1C(N)c1ccc2c3c(cccc13)CC2. The molecule has 4 rings (SSSR count). The Kier molecular flexibility index (Phi) is 2.91. The quantitative estimate of drug-likeness (QED) is 0.842. The molecule has 0 saturated heterocycles. The molecule has 110 valence electrons. The van der Waals surface area contributed by atoms with Crippen molar-refractivity contribution in [2.75, 3.05) is 0 Å². The molecule has 0 aromatic heterocycles. The van der Waals surface area contributed by atoms with Gasteiger partial charge in [0.15, 0.2) is 0 Å². The molecule has 1 heteroatoms. The highest BCUT2D eigenvalue weighted by Crippen LogP contribution is 2.49. The van der Waals surface area contributed by atoms with Crippen molar-refractivity contribution in [2.24, 2.45) is 17.1 Å². The molecule has 0 heterocycles. The summed E-state index contributed by atoms with van der Waals surface area (Å²) < 4.78 is 0. The molecule has 0 spiro atoms. The van der Waals surface area contributed by atoms with Crippen molar-refractivity contribution in [3.63, 3.8) is 0 Å². The largest absolute Gasteiger partial charge is 0.324 e. The molecule has 2 aromatic carbocycles. The van der Waals surface area contributed by atoms with Crippen LogP contribution in [0.15, 0.2) is 30.3 Å². The summed E-state index contributed by atoms with van der Waals surface area (Å²) in [4.78, 5) is 0. The van der Waals surface area contributed by atoms with Gasteiger partial charge in [-0.15, -0.1) is 0 Å². The first-order valence-electron chi connectivity index (χ1n) is 8.37. The van der Waals surface area contributed by atoms with Gasteiger partial charge in [0.25, 0.3) is 0 Å². The van der Waals surface area contributed by atoms with Crippen molar-refractivity contribution in [1.82, 2.24) is 0 Å². The topological polar surface area (TPSA) is 26.0 Å². The lowest BCUT2D eigenvalue weighted by atomic mass is 9.75. The van der Waals surface area contributed by atoms with Gasteiger partial charge in [-0.1, -0.05) is 50.6 Å². The zero-order valence-electron chi connectivity index (χ0n) is 13.2. The second kappa shape index (κ2) is 4.58. The molecule has 2 unspecified atom stereocenters. The van der Waals surface area contributed by atoms with Crippen molar-refractivity contribution in [3.8, 4) is 0 Å². The second-order valence-corrected chi connectivity index (χ2v) is 7.67. The first-order valence-corrected chi connectivity index (χ1v) is 8.37. The smallest absolute Gasteiger partial charge is 0.0334 e. The van der Waals surface area contributed by atoms with Gasteiger partial charge in [0.05, 0.1) is 0 Å². The molecule has 2 N–H and O–H groups in total. The van der Waals surface area contributed by atoms with Gasteiger partial charge in [0.2, 0.25) is 0 Å². The number of rotatable bonds is 2. The van der Waals surface area contributed by atoms with Crippen LogP contribution in [0.25, 0.3) is 10.8 Å². The maximum absolute atomic E-state index is 6.76. The van der Waals surface area contributed by atoms with Gasteiger partial charge in [0, 0.05) is 6.04 Å². The lowest BCUT2D eigenvalue weighted by Crippen LogP contribution is -2.29. The normalized spacial score (nSPS) is 24.6. The fraction of sp³-hybridized carbons (Fsp3) is 0.500. The molecule has 21 heavy (non-hydrogen) atoms. The molecular weight excluding hydrogens is 254 g/mol. The standard InChI is InChI=1S/C20H25N/c1-20(2)12-4-7-17(20)19(21)16-11-10-14-9-8-13-5-3-6-15(16)18(13)14/h3,5-6,10-11,17,19H,4,7-9,12,21H2,1-2H3. The van der Waals surface area contributed by atoms with E-state index in [2.05, 4.69) is 44.2 Å². The Hall–Kier alpha value is -1.34. The fourth-order valence-corrected chi connectivity index (χ4v) is 4.80. The summed E-state index contributed by atoms with van der Waals surface area (Å²) in [5.74, 6) is 0.607. The third-order valence-electron chi connectivity index (χ3n) is 6.04. The molecule has 0 bridgehead atoms. The Morgan fingerprint density at radius 3 is 2.57 bits per heavy atom. The van der Waals surface area contributed by atoms with Crippen LogP contribution in [0.2, 0.25) is 0 Å². The minimum atomic E-state index is 0.174. The van der Waals surface area contributed by atoms with Crippen LogP contribution in [0, 0.1) is 11.3 Å². The van der Waals surface area contributed by atoms with E-state index < -0.39 is 0 Å². The van der Waals surface area contributed by atoms with E-state index in [-0.39, 0.29) is 6.04 Å². The van der Waals surface area contributed by atoms with Crippen LogP contribution >= 0.6 is 0 Å². The molecule has 2 aliphatic rings. The molecule has 1 nitrogen and oxygen atoms in total. The van der Waals surface area contributed by atoms with Gasteiger partial charge in [-0.3, -0.25) is 0 Å². The van der Waals surface area contributed by atoms with Gasteiger partial charge in [-0.25, -0.2) is 0 Å². The predicted molar refractivity (Wildman–Crippen MR) is 89.4 cm³/mol. The monoisotopic (exact) mass is 279 g/mol. The average molecular weight is 279 g/mol. The summed E-state index contributed by atoms with van der Waals surface area (Å²) in [6.07, 6.45) is 6.30. The Morgan fingerprint density at radius 2 is 1.86 bits per heavy atom. The molecule has 2 aromatic rings. The van der Waals surface area contributed by atoms with Crippen molar-refractivity contribution in [1.29, 1.82) is 0 Å². The first-order chi connectivity index (χ1) is 10.1. The van der Waals surface area contributed by atoms with Gasteiger partial charge in [-0.2, -0.15) is 0 Å². The van der Waals surface area contributed by atoms with Crippen molar-refractivity contribution >= 4 is 10.8 Å². The van der Waals surface area contributed by atoms with Gasteiger partial charge in [-0.05, 0) is 64.5 Å². The van der Waals surface area contributed by atoms with E-state index in [4.69, 9.17) is 5.73 Å². The number of benzene rings is 2. The van der Waals surface area contributed by atoms with Crippen molar-refractivity contribution in [2.45, 2.75) is 52.0 Å². The van der Waals surface area contributed by atoms with E-state index in [0.29, 0.717) is 11.3 Å². The minimum Gasteiger partial charge on any atom is -0.324 e. The van der Waals surface area contributed by atoms with Crippen molar-refractivity contribution < 1.29 is 0 Å². The summed E-state index contributed by atoms with van der Waals surface area (Å²) in [5.41, 5.74) is 11.5. The van der Waals surface area contributed by atoms with E-state index in [1.54, 1.807) is 0 Å². The third-order valence-corrected chi connectivity index (χ3v) is 6.04. The summed E-state index contributed by atoms with van der Waals surface area (Å²) in [6, 6.07) is 11.6. The maximum Gasteiger partial charge on any atom is 0.0334 e. The Labute approximate surface area is 127 Å². The van der Waals surface area contributed by atoms with Crippen molar-refractivity contribution in [3.05, 3.63) is 47.0 Å². The highest BCUT2D eigenvalue weighted by Gasteiger charge is 2.39. The number of hydrogen-bond acceptors (Lipinski definition) is 1. The van der Waals surface area contributed by atoms with Gasteiger partial charge in [0.1, 0.15) is 0 Å². The van der Waals surface area contributed by atoms with Crippen LogP contribution in [0.3, 0.4) is 0 Å². The maximum atomic E-state index is 6.76.